The van der Waals surface area contributed by atoms with E-state index < -0.39 is 11.8 Å². The maximum atomic E-state index is 13.1. The van der Waals surface area contributed by atoms with Gasteiger partial charge in [0.2, 0.25) is 0 Å². The summed E-state index contributed by atoms with van der Waals surface area (Å²) in [6, 6.07) is 15.5. The molecule has 0 atom stereocenters. The van der Waals surface area contributed by atoms with E-state index in [2.05, 4.69) is 17.2 Å². The zero-order chi connectivity index (χ0) is 23.6. The normalized spacial score (nSPS) is 10.8. The standard InChI is InChI=1S/C25H24N2O5S/c1-4-12-32-19-8-5-7-18(15-19)26-25(29)21(16-20-9-6-13-33-20)27-24(28)17-10-11-22(30-2)23(14-17)31-3/h4-11,13-16H,1,12H2,2-3H3,(H,26,29)(H,27,28)/b21-16-. The van der Waals surface area contributed by atoms with E-state index >= 15 is 0 Å². The third-order valence-corrected chi connectivity index (χ3v) is 5.25. The van der Waals surface area contributed by atoms with Gasteiger partial charge in [-0.3, -0.25) is 9.59 Å². The molecule has 0 aliphatic carbocycles. The fraction of sp³-hybridized carbons (Fsp3) is 0.120. The van der Waals surface area contributed by atoms with Crippen LogP contribution < -0.4 is 24.8 Å². The van der Waals surface area contributed by atoms with Crippen molar-refractivity contribution < 1.29 is 23.8 Å². The summed E-state index contributed by atoms with van der Waals surface area (Å²) in [6.45, 7) is 3.97. The number of rotatable bonds is 10. The molecule has 2 amide bonds. The van der Waals surface area contributed by atoms with Gasteiger partial charge < -0.3 is 24.8 Å². The van der Waals surface area contributed by atoms with Crippen LogP contribution in [0.25, 0.3) is 6.08 Å². The Morgan fingerprint density at radius 1 is 1.03 bits per heavy atom. The van der Waals surface area contributed by atoms with Gasteiger partial charge in [0.1, 0.15) is 18.1 Å². The molecule has 0 aliphatic heterocycles. The topological polar surface area (TPSA) is 85.9 Å². The van der Waals surface area contributed by atoms with Gasteiger partial charge in [-0.05, 0) is 47.9 Å². The van der Waals surface area contributed by atoms with Crippen LogP contribution in [0.2, 0.25) is 0 Å². The Hall–Kier alpha value is -4.04. The predicted molar refractivity (Wildman–Crippen MR) is 130 cm³/mol. The minimum Gasteiger partial charge on any atom is -0.493 e. The highest BCUT2D eigenvalue weighted by Crippen LogP contribution is 2.27. The van der Waals surface area contributed by atoms with Crippen molar-refractivity contribution in [2.45, 2.75) is 0 Å². The Morgan fingerprint density at radius 3 is 2.55 bits per heavy atom. The summed E-state index contributed by atoms with van der Waals surface area (Å²) in [5.74, 6) is 0.565. The lowest BCUT2D eigenvalue weighted by molar-refractivity contribution is -0.113. The maximum Gasteiger partial charge on any atom is 0.272 e. The lowest BCUT2D eigenvalue weighted by Crippen LogP contribution is -2.30. The highest BCUT2D eigenvalue weighted by Gasteiger charge is 2.17. The van der Waals surface area contributed by atoms with Crippen molar-refractivity contribution in [1.82, 2.24) is 5.32 Å². The van der Waals surface area contributed by atoms with E-state index in [1.165, 1.54) is 25.6 Å². The fourth-order valence-corrected chi connectivity index (χ4v) is 3.52. The molecule has 0 fully saturated rings. The van der Waals surface area contributed by atoms with E-state index in [1.807, 2.05) is 17.5 Å². The first kappa shape index (κ1) is 23.6. The van der Waals surface area contributed by atoms with Crippen LogP contribution in [0.3, 0.4) is 0 Å². The maximum absolute atomic E-state index is 13.1. The number of nitrogens with one attached hydrogen (secondary N) is 2. The summed E-state index contributed by atoms with van der Waals surface area (Å²) in [7, 11) is 3.00. The number of carbonyl (C=O) groups excluding carboxylic acids is 2. The fourth-order valence-electron chi connectivity index (χ4n) is 2.86. The second-order valence-electron chi connectivity index (χ2n) is 6.68. The molecule has 3 rings (SSSR count). The van der Waals surface area contributed by atoms with Crippen molar-refractivity contribution in [2.24, 2.45) is 0 Å². The van der Waals surface area contributed by atoms with Crippen LogP contribution in [-0.2, 0) is 4.79 Å². The van der Waals surface area contributed by atoms with Gasteiger partial charge in [-0.15, -0.1) is 11.3 Å². The van der Waals surface area contributed by atoms with Crippen LogP contribution in [0.4, 0.5) is 5.69 Å². The van der Waals surface area contributed by atoms with Gasteiger partial charge in [0, 0.05) is 22.2 Å². The number of hydrogen-bond acceptors (Lipinski definition) is 6. The number of carbonyl (C=O) groups is 2. The highest BCUT2D eigenvalue weighted by atomic mass is 32.1. The van der Waals surface area contributed by atoms with Crippen LogP contribution in [0, 0.1) is 0 Å². The molecule has 0 radical (unpaired) electrons. The van der Waals surface area contributed by atoms with Crippen molar-refractivity contribution >= 4 is 34.9 Å². The molecule has 0 saturated heterocycles. The number of hydrogen-bond donors (Lipinski definition) is 2. The summed E-state index contributed by atoms with van der Waals surface area (Å²) in [5.41, 5.74) is 0.936. The largest absolute Gasteiger partial charge is 0.493 e. The zero-order valence-electron chi connectivity index (χ0n) is 18.3. The first-order chi connectivity index (χ1) is 16.0. The van der Waals surface area contributed by atoms with Crippen LogP contribution in [0.15, 0.2) is 78.3 Å². The van der Waals surface area contributed by atoms with Gasteiger partial charge >= 0.3 is 0 Å². The number of amides is 2. The average molecular weight is 465 g/mol. The molecule has 170 valence electrons. The van der Waals surface area contributed by atoms with Crippen molar-refractivity contribution in [3.63, 3.8) is 0 Å². The molecule has 8 heteroatoms. The van der Waals surface area contributed by atoms with Gasteiger partial charge in [0.25, 0.3) is 11.8 Å². The molecule has 2 aromatic carbocycles. The van der Waals surface area contributed by atoms with Crippen LogP contribution in [0.1, 0.15) is 15.2 Å². The molecule has 1 heterocycles. The summed E-state index contributed by atoms with van der Waals surface area (Å²) >= 11 is 1.45. The van der Waals surface area contributed by atoms with Crippen molar-refractivity contribution in [3.05, 3.63) is 88.8 Å². The van der Waals surface area contributed by atoms with E-state index in [0.717, 1.165) is 4.88 Å². The third-order valence-electron chi connectivity index (χ3n) is 4.43. The Labute approximate surface area is 196 Å². The molecule has 3 aromatic rings. The second kappa shape index (κ2) is 11.5. The number of anilines is 1. The summed E-state index contributed by atoms with van der Waals surface area (Å²) < 4.78 is 16.0. The summed E-state index contributed by atoms with van der Waals surface area (Å²) in [4.78, 5) is 26.8. The van der Waals surface area contributed by atoms with Crippen molar-refractivity contribution in [1.29, 1.82) is 0 Å². The molecule has 2 N–H and O–H groups in total. The van der Waals surface area contributed by atoms with E-state index in [9.17, 15) is 9.59 Å². The molecule has 0 saturated carbocycles. The van der Waals surface area contributed by atoms with Crippen molar-refractivity contribution in [2.75, 3.05) is 26.1 Å². The summed E-state index contributed by atoms with van der Waals surface area (Å²) in [6.07, 6.45) is 3.26. The zero-order valence-corrected chi connectivity index (χ0v) is 19.1. The molecule has 1 aromatic heterocycles. The highest BCUT2D eigenvalue weighted by molar-refractivity contribution is 7.10. The Morgan fingerprint density at radius 2 is 1.85 bits per heavy atom. The molecule has 0 bridgehead atoms. The molecule has 0 aliphatic rings. The summed E-state index contributed by atoms with van der Waals surface area (Å²) in [5, 5.41) is 7.39. The van der Waals surface area contributed by atoms with E-state index in [1.54, 1.807) is 54.6 Å². The van der Waals surface area contributed by atoms with Crippen LogP contribution >= 0.6 is 11.3 Å². The molecule has 7 nitrogen and oxygen atoms in total. The van der Waals surface area contributed by atoms with Gasteiger partial charge in [0.05, 0.1) is 14.2 Å². The van der Waals surface area contributed by atoms with E-state index in [4.69, 9.17) is 14.2 Å². The smallest absolute Gasteiger partial charge is 0.272 e. The molecular weight excluding hydrogens is 440 g/mol. The minimum absolute atomic E-state index is 0.0923. The number of benzene rings is 2. The average Bonchev–Trinajstić information content (AvgIpc) is 3.35. The Bertz CT molecular complexity index is 1160. The van der Waals surface area contributed by atoms with Gasteiger partial charge in [0.15, 0.2) is 11.5 Å². The lowest BCUT2D eigenvalue weighted by Gasteiger charge is -2.13. The molecule has 0 spiro atoms. The predicted octanol–water partition coefficient (Wildman–Crippen LogP) is 4.74. The van der Waals surface area contributed by atoms with E-state index in [-0.39, 0.29) is 5.70 Å². The first-order valence-electron chi connectivity index (χ1n) is 9.97. The van der Waals surface area contributed by atoms with Gasteiger partial charge in [-0.2, -0.15) is 0 Å². The monoisotopic (exact) mass is 464 g/mol. The SMILES string of the molecule is C=CCOc1cccc(NC(=O)/C(=C/c2cccs2)NC(=O)c2ccc(OC)c(OC)c2)c1. The lowest BCUT2D eigenvalue weighted by atomic mass is 10.1. The molecule has 33 heavy (non-hydrogen) atoms. The van der Waals surface area contributed by atoms with Crippen LogP contribution in [-0.4, -0.2) is 32.6 Å². The number of thiophene rings is 1. The second-order valence-corrected chi connectivity index (χ2v) is 7.66. The van der Waals surface area contributed by atoms with Crippen molar-refractivity contribution in [3.8, 4) is 17.2 Å². The minimum atomic E-state index is -0.474. The van der Waals surface area contributed by atoms with E-state index in [0.29, 0.717) is 35.1 Å². The van der Waals surface area contributed by atoms with Gasteiger partial charge in [-0.1, -0.05) is 24.8 Å². The van der Waals surface area contributed by atoms with Gasteiger partial charge in [-0.25, -0.2) is 0 Å². The molecular formula is C25H24N2O5S. The molecule has 0 unspecified atom stereocenters. The number of methoxy groups -OCH3 is 2. The quantitative estimate of drug-likeness (QED) is 0.334. The third kappa shape index (κ3) is 6.47. The van der Waals surface area contributed by atoms with Crippen LogP contribution in [0.5, 0.6) is 17.2 Å². The Balaban J connectivity index is 1.83. The Kier molecular flexibility index (Phi) is 8.26. The number of ether oxygens (including phenoxy) is 3. The first-order valence-corrected chi connectivity index (χ1v) is 10.9.